The molecule has 5 nitrogen and oxygen atoms in total. The van der Waals surface area contributed by atoms with Crippen molar-refractivity contribution >= 4 is 5.97 Å². The molecule has 0 aliphatic heterocycles. The molecule has 0 amide bonds. The maximum Gasteiger partial charge on any atom is 0.358 e. The minimum absolute atomic E-state index is 0.0156. The Kier molecular flexibility index (Phi) is 3.39. The van der Waals surface area contributed by atoms with Crippen LogP contribution in [0.1, 0.15) is 16.1 Å². The number of ether oxygens (including phenoxy) is 1. The summed E-state index contributed by atoms with van der Waals surface area (Å²) >= 11 is 0. The van der Waals surface area contributed by atoms with E-state index in [0.29, 0.717) is 0 Å². The van der Waals surface area contributed by atoms with Crippen molar-refractivity contribution in [2.75, 3.05) is 0 Å². The molecule has 1 aromatic heterocycles. The van der Waals surface area contributed by atoms with E-state index in [1.54, 1.807) is 6.07 Å². The molecule has 19 heavy (non-hydrogen) atoms. The number of halogens is 1. The Morgan fingerprint density at radius 3 is 2.84 bits per heavy atom. The van der Waals surface area contributed by atoms with Gasteiger partial charge in [0.05, 0.1) is 5.56 Å². The molecule has 1 aromatic carbocycles. The van der Waals surface area contributed by atoms with E-state index in [-0.39, 0.29) is 22.8 Å². The average Bonchev–Trinajstić information content (AvgIpc) is 2.41. The predicted octanol–water partition coefficient (Wildman–Crippen LogP) is 2.58. The van der Waals surface area contributed by atoms with Crippen LogP contribution in [0.5, 0.6) is 11.5 Å². The highest BCUT2D eigenvalue weighted by atomic mass is 19.1. The van der Waals surface area contributed by atoms with Crippen molar-refractivity contribution in [3.63, 3.8) is 0 Å². The van der Waals surface area contributed by atoms with Crippen LogP contribution in [0.25, 0.3) is 0 Å². The number of aromatic nitrogens is 1. The van der Waals surface area contributed by atoms with Gasteiger partial charge in [0.1, 0.15) is 17.6 Å². The van der Waals surface area contributed by atoms with Crippen molar-refractivity contribution < 1.29 is 19.0 Å². The highest BCUT2D eigenvalue weighted by Gasteiger charge is 2.14. The standard InChI is InChI=1S/C13H7FN2O3/c14-9-3-4-10(8(6-9)7-15)19-11-2-1-5-16-12(11)13(17)18/h1-6H,(H,17,18). The quantitative estimate of drug-likeness (QED) is 0.914. The largest absolute Gasteiger partial charge is 0.476 e. The van der Waals surface area contributed by atoms with Gasteiger partial charge in [0.2, 0.25) is 0 Å². The van der Waals surface area contributed by atoms with Crippen LogP contribution in [0.3, 0.4) is 0 Å². The summed E-state index contributed by atoms with van der Waals surface area (Å²) in [7, 11) is 0. The zero-order chi connectivity index (χ0) is 13.8. The first-order valence-electron chi connectivity index (χ1n) is 5.17. The van der Waals surface area contributed by atoms with E-state index in [2.05, 4.69) is 4.98 Å². The molecule has 0 atom stereocenters. The van der Waals surface area contributed by atoms with Gasteiger partial charge in [-0.15, -0.1) is 0 Å². The van der Waals surface area contributed by atoms with Crippen LogP contribution in [0.4, 0.5) is 4.39 Å². The van der Waals surface area contributed by atoms with E-state index in [1.165, 1.54) is 24.4 Å². The molecule has 0 bridgehead atoms. The molecule has 0 spiro atoms. The topological polar surface area (TPSA) is 83.2 Å². The fourth-order valence-corrected chi connectivity index (χ4v) is 1.43. The van der Waals surface area contributed by atoms with Crippen LogP contribution in [0, 0.1) is 17.1 Å². The number of benzene rings is 1. The summed E-state index contributed by atoms with van der Waals surface area (Å²) in [5.74, 6) is -1.78. The Balaban J connectivity index is 2.43. The summed E-state index contributed by atoms with van der Waals surface area (Å²) in [6, 6.07) is 8.05. The van der Waals surface area contributed by atoms with E-state index < -0.39 is 11.8 Å². The second-order valence-corrected chi connectivity index (χ2v) is 3.51. The second kappa shape index (κ2) is 5.14. The van der Waals surface area contributed by atoms with Gasteiger partial charge in [-0.2, -0.15) is 5.26 Å². The van der Waals surface area contributed by atoms with Crippen LogP contribution in [0.2, 0.25) is 0 Å². The molecule has 94 valence electrons. The molecule has 0 fully saturated rings. The Bertz CT molecular complexity index is 680. The van der Waals surface area contributed by atoms with Crippen molar-refractivity contribution in [1.82, 2.24) is 4.98 Å². The summed E-state index contributed by atoms with van der Waals surface area (Å²) < 4.78 is 18.3. The Morgan fingerprint density at radius 1 is 1.37 bits per heavy atom. The van der Waals surface area contributed by atoms with E-state index in [4.69, 9.17) is 15.1 Å². The monoisotopic (exact) mass is 258 g/mol. The second-order valence-electron chi connectivity index (χ2n) is 3.51. The first-order valence-corrected chi connectivity index (χ1v) is 5.17. The van der Waals surface area contributed by atoms with Gasteiger partial charge >= 0.3 is 5.97 Å². The number of aromatic carboxylic acids is 1. The highest BCUT2D eigenvalue weighted by Crippen LogP contribution is 2.27. The number of carboxylic acids is 1. The smallest absolute Gasteiger partial charge is 0.358 e. The SMILES string of the molecule is N#Cc1cc(F)ccc1Oc1cccnc1C(=O)O. The van der Waals surface area contributed by atoms with Crippen LogP contribution >= 0.6 is 0 Å². The molecule has 0 aliphatic carbocycles. The summed E-state index contributed by atoms with van der Waals surface area (Å²) in [4.78, 5) is 14.6. The Morgan fingerprint density at radius 2 is 2.16 bits per heavy atom. The molecule has 6 heteroatoms. The van der Waals surface area contributed by atoms with Gasteiger partial charge < -0.3 is 9.84 Å². The first kappa shape index (κ1) is 12.5. The van der Waals surface area contributed by atoms with Crippen molar-refractivity contribution in [2.24, 2.45) is 0 Å². The van der Waals surface area contributed by atoms with Gasteiger partial charge in [0, 0.05) is 6.20 Å². The number of carboxylic acid groups (broad SMARTS) is 1. The van der Waals surface area contributed by atoms with Gasteiger partial charge in [0.15, 0.2) is 11.4 Å². The molecule has 0 saturated heterocycles. The summed E-state index contributed by atoms with van der Waals surface area (Å²) in [5.41, 5.74) is -0.309. The van der Waals surface area contributed by atoms with Crippen molar-refractivity contribution in [1.29, 1.82) is 5.26 Å². The number of hydrogen-bond acceptors (Lipinski definition) is 4. The van der Waals surface area contributed by atoms with Gasteiger partial charge in [0.25, 0.3) is 0 Å². The average molecular weight is 258 g/mol. The van der Waals surface area contributed by atoms with Gasteiger partial charge in [-0.3, -0.25) is 0 Å². The normalized spacial score (nSPS) is 9.68. The number of nitrogens with zero attached hydrogens (tertiary/aromatic N) is 2. The zero-order valence-corrected chi connectivity index (χ0v) is 9.50. The van der Waals surface area contributed by atoms with E-state index >= 15 is 0 Å². The Hall–Kier alpha value is -2.94. The van der Waals surface area contributed by atoms with Crippen LogP contribution in [-0.4, -0.2) is 16.1 Å². The lowest BCUT2D eigenvalue weighted by atomic mass is 10.2. The van der Waals surface area contributed by atoms with Gasteiger partial charge in [-0.25, -0.2) is 14.2 Å². The molecule has 0 unspecified atom stereocenters. The van der Waals surface area contributed by atoms with Gasteiger partial charge in [-0.1, -0.05) is 0 Å². The number of carbonyl (C=O) groups is 1. The van der Waals surface area contributed by atoms with Crippen molar-refractivity contribution in [2.45, 2.75) is 0 Å². The van der Waals surface area contributed by atoms with Crippen LogP contribution in [0.15, 0.2) is 36.5 Å². The van der Waals surface area contributed by atoms with Crippen LogP contribution < -0.4 is 4.74 Å². The third-order valence-corrected chi connectivity index (χ3v) is 2.26. The lowest BCUT2D eigenvalue weighted by Gasteiger charge is -2.08. The predicted molar refractivity (Wildman–Crippen MR) is 62.4 cm³/mol. The minimum atomic E-state index is -1.25. The van der Waals surface area contributed by atoms with Crippen molar-refractivity contribution in [3.8, 4) is 17.6 Å². The fraction of sp³-hybridized carbons (Fsp3) is 0. The number of pyridine rings is 1. The molecule has 1 heterocycles. The molecule has 1 N–H and O–H groups in total. The Labute approximate surface area is 107 Å². The number of hydrogen-bond donors (Lipinski definition) is 1. The number of nitriles is 1. The fourth-order valence-electron chi connectivity index (χ4n) is 1.43. The van der Waals surface area contributed by atoms with Gasteiger partial charge in [-0.05, 0) is 30.3 Å². The maximum atomic E-state index is 13.0. The molecule has 2 aromatic rings. The molecular formula is C13H7FN2O3. The number of rotatable bonds is 3. The van der Waals surface area contributed by atoms with E-state index in [1.807, 2.05) is 0 Å². The molecular weight excluding hydrogens is 251 g/mol. The lowest BCUT2D eigenvalue weighted by molar-refractivity contribution is 0.0687. The first-order chi connectivity index (χ1) is 9.11. The van der Waals surface area contributed by atoms with E-state index in [9.17, 15) is 9.18 Å². The third-order valence-electron chi connectivity index (χ3n) is 2.26. The molecule has 0 aliphatic rings. The molecule has 0 radical (unpaired) electrons. The third kappa shape index (κ3) is 2.66. The minimum Gasteiger partial charge on any atom is -0.476 e. The zero-order valence-electron chi connectivity index (χ0n) is 9.50. The summed E-state index contributed by atoms with van der Waals surface area (Å²) in [6.45, 7) is 0. The lowest BCUT2D eigenvalue weighted by Crippen LogP contribution is -2.03. The van der Waals surface area contributed by atoms with Crippen LogP contribution in [-0.2, 0) is 0 Å². The summed E-state index contributed by atoms with van der Waals surface area (Å²) in [5, 5.41) is 17.8. The molecule has 0 saturated carbocycles. The highest BCUT2D eigenvalue weighted by molar-refractivity contribution is 5.88. The maximum absolute atomic E-state index is 13.0. The van der Waals surface area contributed by atoms with E-state index in [0.717, 1.165) is 12.1 Å². The summed E-state index contributed by atoms with van der Waals surface area (Å²) in [6.07, 6.45) is 1.31. The molecule has 2 rings (SSSR count). The van der Waals surface area contributed by atoms with Crippen molar-refractivity contribution in [3.05, 3.63) is 53.6 Å².